The van der Waals surface area contributed by atoms with Gasteiger partial charge in [0.25, 0.3) is 12.3 Å². The Morgan fingerprint density at radius 1 is 1.02 bits per heavy atom. The third-order valence-corrected chi connectivity index (χ3v) is 7.82. The van der Waals surface area contributed by atoms with Crippen molar-refractivity contribution in [1.29, 1.82) is 0 Å². The first-order valence-electron chi connectivity index (χ1n) is 14.3. The summed E-state index contributed by atoms with van der Waals surface area (Å²) >= 11 is 0. The van der Waals surface area contributed by atoms with Crippen molar-refractivity contribution in [3.63, 3.8) is 0 Å². The van der Waals surface area contributed by atoms with E-state index < -0.39 is 6.43 Å². The molecule has 0 atom stereocenters. The average Bonchev–Trinajstić information content (AvgIpc) is 3.35. The van der Waals surface area contributed by atoms with Gasteiger partial charge in [-0.25, -0.2) is 13.8 Å². The van der Waals surface area contributed by atoms with Crippen molar-refractivity contribution >= 4 is 16.8 Å². The standard InChI is InChI=1S/C16H19F2N3.C16H18N2O/c1-2-20-9-8-14-13(10-20)19-16(21(14)11-15(17)18)12-6-4-3-5-7-12;19-16(18-12-6-2-1-3-7-12)14-8-4-10-15-13(14)9-5-11-17-15/h3-7,15H,2,8-11H2,1H3;4-5,8-12H,1-3,6-7H2,(H,18,19). The van der Waals surface area contributed by atoms with Crippen molar-refractivity contribution in [3.05, 3.63) is 83.8 Å². The predicted octanol–water partition coefficient (Wildman–Crippen LogP) is 6.49. The molecule has 0 saturated heterocycles. The minimum atomic E-state index is -2.37. The summed E-state index contributed by atoms with van der Waals surface area (Å²) in [6.45, 7) is 4.45. The van der Waals surface area contributed by atoms with Crippen molar-refractivity contribution in [3.8, 4) is 11.4 Å². The highest BCUT2D eigenvalue weighted by Gasteiger charge is 2.25. The lowest BCUT2D eigenvalue weighted by molar-refractivity contribution is 0.0929. The van der Waals surface area contributed by atoms with E-state index in [1.165, 1.54) is 19.3 Å². The third-order valence-electron chi connectivity index (χ3n) is 7.82. The molecule has 1 aliphatic carbocycles. The van der Waals surface area contributed by atoms with Crippen LogP contribution < -0.4 is 5.32 Å². The van der Waals surface area contributed by atoms with Crippen LogP contribution in [-0.2, 0) is 19.5 Å². The van der Waals surface area contributed by atoms with E-state index in [1.54, 1.807) is 10.8 Å². The molecule has 6 nitrogen and oxygen atoms in total. The highest BCUT2D eigenvalue weighted by Crippen LogP contribution is 2.27. The summed E-state index contributed by atoms with van der Waals surface area (Å²) in [4.78, 5) is 23.6. The molecule has 2 aliphatic rings. The van der Waals surface area contributed by atoms with Crippen molar-refractivity contribution in [2.45, 2.75) is 71.0 Å². The number of alkyl halides is 2. The number of halogens is 2. The highest BCUT2D eigenvalue weighted by molar-refractivity contribution is 6.06. The van der Waals surface area contributed by atoms with Gasteiger partial charge in [-0.1, -0.05) is 68.7 Å². The second-order valence-corrected chi connectivity index (χ2v) is 10.5. The fraction of sp³-hybridized carbons (Fsp3) is 0.406. The van der Waals surface area contributed by atoms with Crippen LogP contribution in [0.2, 0.25) is 0 Å². The summed E-state index contributed by atoms with van der Waals surface area (Å²) in [7, 11) is 0. The first-order chi connectivity index (χ1) is 19.5. The van der Waals surface area contributed by atoms with E-state index in [1.807, 2.05) is 60.7 Å². The zero-order valence-corrected chi connectivity index (χ0v) is 23.0. The molecule has 4 aromatic rings. The second-order valence-electron chi connectivity index (χ2n) is 10.5. The normalized spacial score (nSPS) is 15.9. The van der Waals surface area contributed by atoms with E-state index in [0.717, 1.165) is 72.3 Å². The van der Waals surface area contributed by atoms with Crippen molar-refractivity contribution in [2.75, 3.05) is 13.1 Å². The van der Waals surface area contributed by atoms with E-state index >= 15 is 0 Å². The molecule has 1 fully saturated rings. The molecule has 2 aromatic heterocycles. The largest absolute Gasteiger partial charge is 0.349 e. The molecule has 0 spiro atoms. The van der Waals surface area contributed by atoms with Gasteiger partial charge in [0.05, 0.1) is 17.8 Å². The minimum absolute atomic E-state index is 0.0329. The molecule has 3 heterocycles. The van der Waals surface area contributed by atoms with Crippen LogP contribution in [0, 0.1) is 0 Å². The van der Waals surface area contributed by atoms with E-state index in [2.05, 4.69) is 27.1 Å². The molecule has 40 heavy (non-hydrogen) atoms. The number of nitrogens with zero attached hydrogens (tertiary/aromatic N) is 4. The topological polar surface area (TPSA) is 63.1 Å². The van der Waals surface area contributed by atoms with Gasteiger partial charge in [-0.15, -0.1) is 0 Å². The zero-order chi connectivity index (χ0) is 27.9. The summed E-state index contributed by atoms with van der Waals surface area (Å²) in [5.41, 5.74) is 4.42. The summed E-state index contributed by atoms with van der Waals surface area (Å²) < 4.78 is 27.6. The van der Waals surface area contributed by atoms with Gasteiger partial charge in [0.2, 0.25) is 0 Å². The Labute approximate surface area is 234 Å². The zero-order valence-electron chi connectivity index (χ0n) is 23.0. The fourth-order valence-electron chi connectivity index (χ4n) is 5.72. The Kier molecular flexibility index (Phi) is 9.16. The molecule has 1 aliphatic heterocycles. The number of aromatic nitrogens is 3. The van der Waals surface area contributed by atoms with Crippen LogP contribution in [0.1, 0.15) is 60.8 Å². The Bertz CT molecular complexity index is 1410. The average molecular weight is 546 g/mol. The number of hydrogen-bond acceptors (Lipinski definition) is 4. The van der Waals surface area contributed by atoms with Gasteiger partial charge in [0, 0.05) is 54.0 Å². The lowest BCUT2D eigenvalue weighted by Crippen LogP contribution is -2.36. The number of likely N-dealkylation sites (N-methyl/N-ethyl adjacent to an activating group) is 1. The van der Waals surface area contributed by atoms with E-state index in [-0.39, 0.29) is 12.5 Å². The van der Waals surface area contributed by atoms with Crippen LogP contribution >= 0.6 is 0 Å². The third kappa shape index (κ3) is 6.55. The summed E-state index contributed by atoms with van der Waals surface area (Å²) in [6, 6.07) is 19.5. The fourth-order valence-corrected chi connectivity index (χ4v) is 5.72. The van der Waals surface area contributed by atoms with E-state index in [4.69, 9.17) is 0 Å². The molecular weight excluding hydrogens is 508 g/mol. The van der Waals surface area contributed by atoms with Crippen LogP contribution in [-0.4, -0.2) is 50.9 Å². The van der Waals surface area contributed by atoms with Crippen molar-refractivity contribution in [2.24, 2.45) is 0 Å². The van der Waals surface area contributed by atoms with Gasteiger partial charge >= 0.3 is 0 Å². The Hall–Kier alpha value is -3.65. The van der Waals surface area contributed by atoms with Crippen LogP contribution in [0.25, 0.3) is 22.3 Å². The van der Waals surface area contributed by atoms with Crippen LogP contribution in [0.4, 0.5) is 8.78 Å². The van der Waals surface area contributed by atoms with Gasteiger partial charge in [-0.2, -0.15) is 0 Å². The maximum atomic E-state index is 12.9. The van der Waals surface area contributed by atoms with Crippen molar-refractivity contribution in [1.82, 2.24) is 24.8 Å². The molecular formula is C32H37F2N5O. The number of hydrogen-bond donors (Lipinski definition) is 1. The quantitative estimate of drug-likeness (QED) is 0.301. The molecule has 2 aromatic carbocycles. The maximum Gasteiger partial charge on any atom is 0.256 e. The monoisotopic (exact) mass is 545 g/mol. The Morgan fingerprint density at radius 3 is 2.58 bits per heavy atom. The van der Waals surface area contributed by atoms with Gasteiger partial charge in [0.15, 0.2) is 0 Å². The predicted molar refractivity (Wildman–Crippen MR) is 154 cm³/mol. The number of amides is 1. The minimum Gasteiger partial charge on any atom is -0.349 e. The summed E-state index contributed by atoms with van der Waals surface area (Å²) in [5.74, 6) is 0.698. The number of benzene rings is 2. The first kappa shape index (κ1) is 27.9. The molecule has 0 radical (unpaired) electrons. The van der Waals surface area contributed by atoms with Crippen LogP contribution in [0.15, 0.2) is 66.9 Å². The SMILES string of the molecule is CCN1CCc2c(nc(-c3ccccc3)n2CC(F)F)C1.O=C(NC1CCCCC1)c1cccc2ncccc12. The highest BCUT2D eigenvalue weighted by atomic mass is 19.3. The first-order valence-corrected chi connectivity index (χ1v) is 14.3. The molecule has 1 N–H and O–H groups in total. The van der Waals surface area contributed by atoms with Crippen molar-refractivity contribution < 1.29 is 13.6 Å². The second kappa shape index (κ2) is 13.1. The van der Waals surface area contributed by atoms with Crippen LogP contribution in [0.5, 0.6) is 0 Å². The van der Waals surface area contributed by atoms with Gasteiger partial charge in [-0.05, 0) is 37.6 Å². The lowest BCUT2D eigenvalue weighted by Gasteiger charge is -2.25. The number of rotatable bonds is 6. The number of pyridine rings is 1. The summed E-state index contributed by atoms with van der Waals surface area (Å²) in [5, 5.41) is 4.09. The van der Waals surface area contributed by atoms with Crippen LogP contribution in [0.3, 0.4) is 0 Å². The molecule has 0 bridgehead atoms. The Balaban J connectivity index is 0.000000162. The molecule has 210 valence electrons. The molecule has 1 saturated carbocycles. The van der Waals surface area contributed by atoms with E-state index in [9.17, 15) is 13.6 Å². The maximum absolute atomic E-state index is 12.9. The number of carbonyl (C=O) groups excluding carboxylic acids is 1. The molecule has 0 unspecified atom stereocenters. The number of fused-ring (bicyclic) bond motifs is 2. The van der Waals surface area contributed by atoms with Gasteiger partial charge in [0.1, 0.15) is 5.82 Å². The Morgan fingerprint density at radius 2 is 1.82 bits per heavy atom. The number of nitrogens with one attached hydrogen (secondary N) is 1. The number of carbonyl (C=O) groups is 1. The molecule has 6 rings (SSSR count). The summed E-state index contributed by atoms with van der Waals surface area (Å²) in [6.07, 6.45) is 6.13. The van der Waals surface area contributed by atoms with Gasteiger partial charge < -0.3 is 9.88 Å². The lowest BCUT2D eigenvalue weighted by atomic mass is 9.95. The number of imidazole rings is 1. The molecule has 8 heteroatoms. The van der Waals surface area contributed by atoms with Gasteiger partial charge in [-0.3, -0.25) is 14.7 Å². The van der Waals surface area contributed by atoms with E-state index in [0.29, 0.717) is 11.9 Å². The molecule has 1 amide bonds. The smallest absolute Gasteiger partial charge is 0.256 e.